The first-order valence-corrected chi connectivity index (χ1v) is 6.06. The average molecular weight is 225 g/mol. The first-order valence-electron chi connectivity index (χ1n) is 6.06. The number of nitrogens with zero attached hydrogens (tertiary/aromatic N) is 1. The zero-order valence-corrected chi connectivity index (χ0v) is 11.0. The summed E-state index contributed by atoms with van der Waals surface area (Å²) in [5.41, 5.74) is -0.436. The van der Waals surface area contributed by atoms with Gasteiger partial charge in [0.15, 0.2) is 0 Å². The van der Waals surface area contributed by atoms with E-state index < -0.39 is 5.41 Å². The molecule has 0 radical (unpaired) electrons. The molecule has 0 N–H and O–H groups in total. The van der Waals surface area contributed by atoms with Crippen molar-refractivity contribution in [2.75, 3.05) is 6.61 Å². The molecule has 0 saturated heterocycles. The summed E-state index contributed by atoms with van der Waals surface area (Å²) in [6.07, 6.45) is 4.35. The van der Waals surface area contributed by atoms with Gasteiger partial charge in [0.25, 0.3) is 0 Å². The maximum atomic E-state index is 12.6. The Morgan fingerprint density at radius 3 is 2.25 bits per heavy atom. The van der Waals surface area contributed by atoms with Gasteiger partial charge in [-0.25, -0.2) is 0 Å². The van der Waals surface area contributed by atoms with E-state index in [-0.39, 0.29) is 18.0 Å². The van der Waals surface area contributed by atoms with Crippen LogP contribution in [0.1, 0.15) is 41.0 Å². The Kier molecular flexibility index (Phi) is 4.00. The van der Waals surface area contributed by atoms with Crippen molar-refractivity contribution in [2.45, 2.75) is 53.1 Å². The number of hydrogen-bond acceptors (Lipinski definition) is 2. The molecule has 1 aliphatic heterocycles. The first-order chi connectivity index (χ1) is 7.44. The lowest BCUT2D eigenvalue weighted by molar-refractivity contribution is -0.144. The lowest BCUT2D eigenvalue weighted by Crippen LogP contribution is -2.50. The number of hydrogen-bond donors (Lipinski definition) is 0. The third-order valence-electron chi connectivity index (χ3n) is 3.23. The summed E-state index contributed by atoms with van der Waals surface area (Å²) < 4.78 is 5.25. The summed E-state index contributed by atoms with van der Waals surface area (Å²) in [4.78, 5) is 14.5. The van der Waals surface area contributed by atoms with Crippen LogP contribution in [0.25, 0.3) is 0 Å². The highest BCUT2D eigenvalue weighted by Crippen LogP contribution is 2.32. The summed E-state index contributed by atoms with van der Waals surface area (Å²) >= 11 is 0. The van der Waals surface area contributed by atoms with Crippen LogP contribution in [0.15, 0.2) is 12.3 Å². The van der Waals surface area contributed by atoms with Crippen molar-refractivity contribution in [2.24, 2.45) is 5.41 Å². The predicted molar refractivity (Wildman–Crippen MR) is 64.9 cm³/mol. The lowest BCUT2D eigenvalue weighted by Gasteiger charge is -2.37. The van der Waals surface area contributed by atoms with Gasteiger partial charge in [-0.05, 0) is 40.2 Å². The van der Waals surface area contributed by atoms with E-state index in [0.29, 0.717) is 6.61 Å². The fraction of sp³-hybridized carbons (Fsp3) is 0.769. The van der Waals surface area contributed by atoms with Crippen LogP contribution in [-0.4, -0.2) is 29.5 Å². The van der Waals surface area contributed by atoms with Gasteiger partial charge in [0, 0.05) is 12.1 Å². The van der Waals surface area contributed by atoms with E-state index in [0.717, 1.165) is 6.42 Å². The molecule has 0 spiro atoms. The Balaban J connectivity index is 2.93. The monoisotopic (exact) mass is 225 g/mol. The molecule has 1 atom stereocenters. The summed E-state index contributed by atoms with van der Waals surface area (Å²) in [7, 11) is 0. The molecule has 0 aliphatic carbocycles. The Labute approximate surface area is 98.5 Å². The molecule has 1 amide bonds. The molecular formula is C13H23NO2. The average Bonchev–Trinajstić information content (AvgIpc) is 2.65. The smallest absolute Gasteiger partial charge is 0.236 e. The highest BCUT2D eigenvalue weighted by molar-refractivity contribution is 5.85. The minimum Gasteiger partial charge on any atom is -0.500 e. The van der Waals surface area contributed by atoms with Crippen molar-refractivity contribution >= 4 is 5.91 Å². The van der Waals surface area contributed by atoms with Gasteiger partial charge in [-0.2, -0.15) is 0 Å². The standard InChI is InChI=1S/C13H23NO2/c1-6-13(7-8-16-9-13)12(15)14(10(2)3)11(4)5/h7-8,10-11H,6,9H2,1-5H3. The number of carbonyl (C=O) groups excluding carboxylic acids is 1. The number of carbonyl (C=O) groups is 1. The Bertz CT molecular complexity index is 276. The third kappa shape index (κ3) is 2.23. The maximum Gasteiger partial charge on any atom is 0.236 e. The summed E-state index contributed by atoms with van der Waals surface area (Å²) in [5, 5.41) is 0. The van der Waals surface area contributed by atoms with Crippen molar-refractivity contribution in [1.82, 2.24) is 4.90 Å². The molecule has 0 fully saturated rings. The molecule has 0 aromatic carbocycles. The molecule has 3 nitrogen and oxygen atoms in total. The molecule has 1 aliphatic rings. The second kappa shape index (κ2) is 4.89. The van der Waals surface area contributed by atoms with Crippen LogP contribution >= 0.6 is 0 Å². The maximum absolute atomic E-state index is 12.6. The third-order valence-corrected chi connectivity index (χ3v) is 3.23. The van der Waals surface area contributed by atoms with Gasteiger partial charge >= 0.3 is 0 Å². The van der Waals surface area contributed by atoms with Crippen molar-refractivity contribution in [3.8, 4) is 0 Å². The molecule has 1 unspecified atom stereocenters. The zero-order chi connectivity index (χ0) is 12.3. The fourth-order valence-electron chi connectivity index (χ4n) is 2.25. The van der Waals surface area contributed by atoms with E-state index in [4.69, 9.17) is 4.74 Å². The van der Waals surface area contributed by atoms with E-state index in [2.05, 4.69) is 27.7 Å². The van der Waals surface area contributed by atoms with Crippen LogP contribution in [0.2, 0.25) is 0 Å². The summed E-state index contributed by atoms with van der Waals surface area (Å²) in [6.45, 7) is 10.7. The molecule has 0 aromatic heterocycles. The van der Waals surface area contributed by atoms with Crippen LogP contribution < -0.4 is 0 Å². The quantitative estimate of drug-likeness (QED) is 0.736. The second-order valence-corrected chi connectivity index (χ2v) is 5.02. The zero-order valence-electron chi connectivity index (χ0n) is 11.0. The normalized spacial score (nSPS) is 23.9. The number of ether oxygens (including phenoxy) is 1. The first kappa shape index (κ1) is 13.1. The van der Waals surface area contributed by atoms with E-state index in [1.54, 1.807) is 6.26 Å². The molecule has 0 aromatic rings. The van der Waals surface area contributed by atoms with Crippen molar-refractivity contribution in [3.05, 3.63) is 12.3 Å². The molecule has 0 bridgehead atoms. The van der Waals surface area contributed by atoms with Gasteiger partial charge < -0.3 is 9.64 Å². The van der Waals surface area contributed by atoms with Gasteiger partial charge in [0.2, 0.25) is 5.91 Å². The van der Waals surface area contributed by atoms with Gasteiger partial charge in [-0.15, -0.1) is 0 Å². The van der Waals surface area contributed by atoms with Crippen molar-refractivity contribution in [1.29, 1.82) is 0 Å². The highest BCUT2D eigenvalue weighted by atomic mass is 16.5. The molecular weight excluding hydrogens is 202 g/mol. The van der Waals surface area contributed by atoms with Crippen molar-refractivity contribution < 1.29 is 9.53 Å². The van der Waals surface area contributed by atoms with Crippen molar-refractivity contribution in [3.63, 3.8) is 0 Å². The largest absolute Gasteiger partial charge is 0.500 e. The minimum atomic E-state index is -0.436. The summed E-state index contributed by atoms with van der Waals surface area (Å²) in [6, 6.07) is 0.454. The van der Waals surface area contributed by atoms with Gasteiger partial charge in [0.05, 0.1) is 6.26 Å². The topological polar surface area (TPSA) is 29.5 Å². The van der Waals surface area contributed by atoms with Crippen LogP contribution in [0, 0.1) is 5.41 Å². The lowest BCUT2D eigenvalue weighted by atomic mass is 9.84. The molecule has 1 rings (SSSR count). The van der Waals surface area contributed by atoms with Crippen LogP contribution in [0.4, 0.5) is 0 Å². The molecule has 1 heterocycles. The SMILES string of the molecule is CCC1(C(=O)N(C(C)C)C(C)C)C=COC1. The van der Waals surface area contributed by atoms with Crippen LogP contribution in [0.3, 0.4) is 0 Å². The van der Waals surface area contributed by atoms with Gasteiger partial charge in [-0.3, -0.25) is 4.79 Å². The van der Waals surface area contributed by atoms with E-state index in [1.807, 2.05) is 17.9 Å². The Morgan fingerprint density at radius 2 is 1.94 bits per heavy atom. The minimum absolute atomic E-state index is 0.189. The van der Waals surface area contributed by atoms with E-state index >= 15 is 0 Å². The molecule has 3 heteroatoms. The van der Waals surface area contributed by atoms with E-state index in [9.17, 15) is 4.79 Å². The number of amides is 1. The Hall–Kier alpha value is -0.990. The number of rotatable bonds is 4. The van der Waals surface area contributed by atoms with E-state index in [1.165, 1.54) is 0 Å². The van der Waals surface area contributed by atoms with Gasteiger partial charge in [0.1, 0.15) is 12.0 Å². The second-order valence-electron chi connectivity index (χ2n) is 5.02. The molecule has 92 valence electrons. The predicted octanol–water partition coefficient (Wildman–Crippen LogP) is 2.57. The highest BCUT2D eigenvalue weighted by Gasteiger charge is 2.42. The van der Waals surface area contributed by atoms with Crippen LogP contribution in [0.5, 0.6) is 0 Å². The van der Waals surface area contributed by atoms with Gasteiger partial charge in [-0.1, -0.05) is 6.92 Å². The molecule has 16 heavy (non-hydrogen) atoms. The molecule has 0 saturated carbocycles. The summed E-state index contributed by atoms with van der Waals surface area (Å²) in [5.74, 6) is 0.189. The van der Waals surface area contributed by atoms with Crippen LogP contribution in [-0.2, 0) is 9.53 Å². The Morgan fingerprint density at radius 1 is 1.38 bits per heavy atom. The fourth-order valence-corrected chi connectivity index (χ4v) is 2.25.